The van der Waals surface area contributed by atoms with Gasteiger partial charge in [0.15, 0.2) is 0 Å². The average Bonchev–Trinajstić information content (AvgIpc) is 2.51. The van der Waals surface area contributed by atoms with Crippen molar-refractivity contribution >= 4 is 5.91 Å². The lowest BCUT2D eigenvalue weighted by molar-refractivity contribution is -0.128. The summed E-state index contributed by atoms with van der Waals surface area (Å²) in [5.74, 6) is 0.370. The fraction of sp³-hybridized carbons (Fsp3) is 0.933. The van der Waals surface area contributed by atoms with E-state index in [4.69, 9.17) is 10.5 Å². The fourth-order valence-electron chi connectivity index (χ4n) is 3.51. The van der Waals surface area contributed by atoms with Crippen LogP contribution in [0.2, 0.25) is 0 Å². The molecule has 6 atom stereocenters. The third-order valence-corrected chi connectivity index (χ3v) is 4.94. The molecule has 6 unspecified atom stereocenters. The predicted molar refractivity (Wildman–Crippen MR) is 75.7 cm³/mol. The Hall–Kier alpha value is -0.610. The fourth-order valence-corrected chi connectivity index (χ4v) is 3.51. The summed E-state index contributed by atoms with van der Waals surface area (Å²) in [5, 5.41) is 3.19. The van der Waals surface area contributed by atoms with Crippen LogP contribution in [0, 0.1) is 11.8 Å². The number of nitrogens with one attached hydrogen (secondary N) is 1. The zero-order valence-electron chi connectivity index (χ0n) is 12.4. The van der Waals surface area contributed by atoms with Crippen LogP contribution in [0.25, 0.3) is 0 Å². The van der Waals surface area contributed by atoms with Crippen molar-refractivity contribution in [2.75, 3.05) is 0 Å². The molecule has 0 radical (unpaired) electrons. The van der Waals surface area contributed by atoms with Crippen molar-refractivity contribution in [3.8, 4) is 0 Å². The Morgan fingerprint density at radius 3 is 2.42 bits per heavy atom. The quantitative estimate of drug-likeness (QED) is 0.751. The molecule has 4 nitrogen and oxygen atoms in total. The third-order valence-electron chi connectivity index (χ3n) is 4.94. The monoisotopic (exact) mass is 268 g/mol. The highest BCUT2D eigenvalue weighted by Gasteiger charge is 2.42. The van der Waals surface area contributed by atoms with Crippen LogP contribution in [-0.2, 0) is 9.53 Å². The summed E-state index contributed by atoms with van der Waals surface area (Å²) in [4.78, 5) is 12.5. The zero-order chi connectivity index (χ0) is 14.0. The van der Waals surface area contributed by atoms with Gasteiger partial charge < -0.3 is 15.8 Å². The first-order valence-electron chi connectivity index (χ1n) is 7.72. The van der Waals surface area contributed by atoms with E-state index in [1.165, 1.54) is 19.3 Å². The molecule has 0 aromatic carbocycles. The van der Waals surface area contributed by atoms with E-state index in [9.17, 15) is 4.79 Å². The molecule has 0 aromatic rings. The number of carbonyl (C=O) groups is 1. The highest BCUT2D eigenvalue weighted by atomic mass is 16.5. The van der Waals surface area contributed by atoms with Crippen LogP contribution >= 0.6 is 0 Å². The Labute approximate surface area is 116 Å². The summed E-state index contributed by atoms with van der Waals surface area (Å²) in [6.07, 6.45) is 5.79. The third kappa shape index (κ3) is 3.29. The first-order valence-corrected chi connectivity index (χ1v) is 7.72. The van der Waals surface area contributed by atoms with E-state index in [0.717, 1.165) is 12.8 Å². The number of rotatable bonds is 2. The second-order valence-corrected chi connectivity index (χ2v) is 6.35. The maximum atomic E-state index is 12.5. The number of amides is 1. The summed E-state index contributed by atoms with van der Waals surface area (Å²) < 4.78 is 5.76. The van der Waals surface area contributed by atoms with Gasteiger partial charge in [-0.1, -0.05) is 26.2 Å². The smallest absolute Gasteiger partial charge is 0.226 e. The molecule has 2 aliphatic rings. The summed E-state index contributed by atoms with van der Waals surface area (Å²) >= 11 is 0. The maximum absolute atomic E-state index is 12.5. The Morgan fingerprint density at radius 2 is 1.79 bits per heavy atom. The van der Waals surface area contributed by atoms with Gasteiger partial charge in [0.05, 0.1) is 18.1 Å². The van der Waals surface area contributed by atoms with Crippen molar-refractivity contribution in [1.29, 1.82) is 0 Å². The van der Waals surface area contributed by atoms with E-state index in [0.29, 0.717) is 0 Å². The minimum absolute atomic E-state index is 0.00648. The molecule has 19 heavy (non-hydrogen) atoms. The van der Waals surface area contributed by atoms with Crippen LogP contribution in [0.4, 0.5) is 0 Å². The van der Waals surface area contributed by atoms with Crippen molar-refractivity contribution < 1.29 is 9.53 Å². The Bertz CT molecular complexity index is 321. The van der Waals surface area contributed by atoms with Gasteiger partial charge in [0, 0.05) is 12.1 Å². The second kappa shape index (κ2) is 6.23. The van der Waals surface area contributed by atoms with Crippen molar-refractivity contribution in [2.24, 2.45) is 17.6 Å². The number of ether oxygens (including phenoxy) is 1. The lowest BCUT2D eigenvalue weighted by Gasteiger charge is -2.26. The van der Waals surface area contributed by atoms with Gasteiger partial charge in [0.2, 0.25) is 5.91 Å². The van der Waals surface area contributed by atoms with Gasteiger partial charge in [0.1, 0.15) is 0 Å². The molecule has 2 fully saturated rings. The lowest BCUT2D eigenvalue weighted by Crippen LogP contribution is -2.50. The zero-order valence-corrected chi connectivity index (χ0v) is 12.4. The molecule has 1 saturated carbocycles. The molecule has 1 aliphatic heterocycles. The summed E-state index contributed by atoms with van der Waals surface area (Å²) in [6.45, 7) is 6.15. The van der Waals surface area contributed by atoms with Gasteiger partial charge in [-0.3, -0.25) is 4.79 Å². The van der Waals surface area contributed by atoms with Crippen LogP contribution in [0.3, 0.4) is 0 Å². The van der Waals surface area contributed by atoms with E-state index in [-0.39, 0.29) is 42.0 Å². The number of nitrogens with two attached hydrogens (primary N) is 1. The molecular weight excluding hydrogens is 240 g/mol. The minimum atomic E-state index is -0.0366. The average molecular weight is 268 g/mol. The molecule has 1 amide bonds. The van der Waals surface area contributed by atoms with Crippen molar-refractivity contribution in [3.05, 3.63) is 0 Å². The Kier molecular flexibility index (Phi) is 4.85. The number of hydrogen-bond donors (Lipinski definition) is 2. The van der Waals surface area contributed by atoms with Gasteiger partial charge in [-0.05, 0) is 32.6 Å². The van der Waals surface area contributed by atoms with Crippen LogP contribution in [0.5, 0.6) is 0 Å². The Morgan fingerprint density at radius 1 is 1.11 bits per heavy atom. The molecule has 110 valence electrons. The van der Waals surface area contributed by atoms with Crippen LogP contribution in [-0.4, -0.2) is 30.2 Å². The van der Waals surface area contributed by atoms with Gasteiger partial charge in [0.25, 0.3) is 0 Å². The summed E-state index contributed by atoms with van der Waals surface area (Å²) in [6, 6.07) is 0.252. The van der Waals surface area contributed by atoms with Gasteiger partial charge in [-0.15, -0.1) is 0 Å². The molecule has 1 heterocycles. The first-order chi connectivity index (χ1) is 9.00. The molecule has 0 bridgehead atoms. The summed E-state index contributed by atoms with van der Waals surface area (Å²) in [7, 11) is 0. The number of carbonyl (C=O) groups excluding carboxylic acids is 1. The topological polar surface area (TPSA) is 64.3 Å². The second-order valence-electron chi connectivity index (χ2n) is 6.35. The first kappa shape index (κ1) is 14.8. The van der Waals surface area contributed by atoms with E-state index < -0.39 is 0 Å². The lowest BCUT2D eigenvalue weighted by atomic mass is 9.88. The van der Waals surface area contributed by atoms with Gasteiger partial charge >= 0.3 is 0 Å². The molecule has 4 heteroatoms. The normalized spacial score (nSPS) is 43.8. The van der Waals surface area contributed by atoms with Gasteiger partial charge in [-0.2, -0.15) is 0 Å². The highest BCUT2D eigenvalue weighted by molar-refractivity contribution is 5.80. The summed E-state index contributed by atoms with van der Waals surface area (Å²) in [5.41, 5.74) is 6.18. The SMILES string of the molecule is CC1OC(C)C(C(=O)NC2CCCCCC2N)C1C. The molecule has 1 aliphatic carbocycles. The van der Waals surface area contributed by atoms with Crippen molar-refractivity contribution in [2.45, 2.75) is 77.2 Å². The molecule has 1 saturated heterocycles. The largest absolute Gasteiger partial charge is 0.374 e. The van der Waals surface area contributed by atoms with Gasteiger partial charge in [-0.25, -0.2) is 0 Å². The van der Waals surface area contributed by atoms with Crippen LogP contribution < -0.4 is 11.1 Å². The van der Waals surface area contributed by atoms with E-state index in [1.54, 1.807) is 0 Å². The van der Waals surface area contributed by atoms with E-state index in [2.05, 4.69) is 12.2 Å². The molecule has 2 rings (SSSR count). The van der Waals surface area contributed by atoms with Crippen molar-refractivity contribution in [3.63, 3.8) is 0 Å². The molecular formula is C15H28N2O2. The molecule has 0 aromatic heterocycles. The van der Waals surface area contributed by atoms with E-state index >= 15 is 0 Å². The van der Waals surface area contributed by atoms with Crippen LogP contribution in [0.15, 0.2) is 0 Å². The minimum Gasteiger partial charge on any atom is -0.374 e. The maximum Gasteiger partial charge on any atom is 0.226 e. The predicted octanol–water partition coefficient (Wildman–Crippen LogP) is 1.82. The number of hydrogen-bond acceptors (Lipinski definition) is 3. The molecule has 0 spiro atoms. The standard InChI is InChI=1S/C15H28N2O2/c1-9-10(2)19-11(3)14(9)15(18)17-13-8-6-4-5-7-12(13)16/h9-14H,4-8,16H2,1-3H3,(H,17,18). The van der Waals surface area contributed by atoms with Crippen LogP contribution in [0.1, 0.15) is 52.9 Å². The Balaban J connectivity index is 1.96. The van der Waals surface area contributed by atoms with E-state index in [1.807, 2.05) is 13.8 Å². The van der Waals surface area contributed by atoms with Crippen molar-refractivity contribution in [1.82, 2.24) is 5.32 Å². The highest BCUT2D eigenvalue weighted by Crippen LogP contribution is 2.32. The molecule has 3 N–H and O–H groups in total.